The Morgan fingerprint density at radius 2 is 1.97 bits per heavy atom. The zero-order valence-electron chi connectivity index (χ0n) is 17.3. The van der Waals surface area contributed by atoms with E-state index in [4.69, 9.17) is 19.6 Å². The lowest BCUT2D eigenvalue weighted by molar-refractivity contribution is 0.128. The molecule has 4 rings (SSSR count). The van der Waals surface area contributed by atoms with Crippen molar-refractivity contribution in [2.75, 3.05) is 26.3 Å². The third-order valence-corrected chi connectivity index (χ3v) is 5.62. The zero-order chi connectivity index (χ0) is 21.1. The molecule has 7 nitrogen and oxygen atoms in total. The number of rotatable bonds is 5. The fourth-order valence-corrected chi connectivity index (χ4v) is 3.70. The Balaban J connectivity index is 1.34. The highest BCUT2D eigenvalue weighted by atomic mass is 19.1. The monoisotopic (exact) mass is 414 g/mol. The Kier molecular flexibility index (Phi) is 5.92. The van der Waals surface area contributed by atoms with Crippen LogP contribution in [0.25, 0.3) is 5.57 Å². The smallest absolute Gasteiger partial charge is 0.165 e. The first-order valence-electron chi connectivity index (χ1n) is 10.2. The SMILES string of the molecule is C/C(C(=N)N1CCC(Oc2ccc3c(c2)OCCO3)CC1)=C(\C)c1ncc(CF)[nH]1. The van der Waals surface area contributed by atoms with Gasteiger partial charge in [0.15, 0.2) is 11.5 Å². The van der Waals surface area contributed by atoms with Gasteiger partial charge in [0, 0.05) is 32.0 Å². The molecule has 0 atom stereocenters. The van der Waals surface area contributed by atoms with Gasteiger partial charge in [0.05, 0.1) is 11.9 Å². The van der Waals surface area contributed by atoms with E-state index in [-0.39, 0.29) is 6.10 Å². The molecule has 30 heavy (non-hydrogen) atoms. The summed E-state index contributed by atoms with van der Waals surface area (Å²) in [7, 11) is 0. The lowest BCUT2D eigenvalue weighted by Crippen LogP contribution is -2.42. The highest BCUT2D eigenvalue weighted by Gasteiger charge is 2.24. The van der Waals surface area contributed by atoms with Crippen molar-refractivity contribution < 1.29 is 18.6 Å². The maximum absolute atomic E-state index is 12.8. The van der Waals surface area contributed by atoms with Crippen molar-refractivity contribution in [2.45, 2.75) is 39.5 Å². The number of aromatic amines is 1. The van der Waals surface area contributed by atoms with Crippen molar-refractivity contribution in [3.05, 3.63) is 41.5 Å². The molecule has 0 unspecified atom stereocenters. The molecule has 0 amide bonds. The second-order valence-electron chi connectivity index (χ2n) is 7.60. The number of nitrogens with zero attached hydrogens (tertiary/aromatic N) is 2. The summed E-state index contributed by atoms with van der Waals surface area (Å²) in [5, 5.41) is 8.59. The highest BCUT2D eigenvalue weighted by molar-refractivity contribution is 6.01. The molecule has 160 valence electrons. The van der Waals surface area contributed by atoms with Crippen molar-refractivity contribution in [3.8, 4) is 17.2 Å². The fourth-order valence-electron chi connectivity index (χ4n) is 3.70. The first-order valence-corrected chi connectivity index (χ1v) is 10.2. The minimum atomic E-state index is -0.576. The van der Waals surface area contributed by atoms with Gasteiger partial charge in [-0.3, -0.25) is 5.41 Å². The van der Waals surface area contributed by atoms with E-state index in [0.29, 0.717) is 30.6 Å². The van der Waals surface area contributed by atoms with Crippen molar-refractivity contribution >= 4 is 11.4 Å². The largest absolute Gasteiger partial charge is 0.490 e. The van der Waals surface area contributed by atoms with Crippen molar-refractivity contribution in [1.82, 2.24) is 14.9 Å². The van der Waals surface area contributed by atoms with E-state index in [1.54, 1.807) is 0 Å². The first kappa shape index (κ1) is 20.3. The maximum atomic E-state index is 12.8. The molecule has 2 aliphatic heterocycles. The topological polar surface area (TPSA) is 83.5 Å². The number of alkyl halides is 1. The Hall–Kier alpha value is -3.03. The van der Waals surface area contributed by atoms with Gasteiger partial charge in [-0.25, -0.2) is 9.37 Å². The molecule has 1 aromatic carbocycles. The van der Waals surface area contributed by atoms with E-state index >= 15 is 0 Å². The van der Waals surface area contributed by atoms with E-state index in [2.05, 4.69) is 14.9 Å². The summed E-state index contributed by atoms with van der Waals surface area (Å²) >= 11 is 0. The van der Waals surface area contributed by atoms with Crippen LogP contribution in [0.15, 0.2) is 30.0 Å². The summed E-state index contributed by atoms with van der Waals surface area (Å²) < 4.78 is 30.1. The summed E-state index contributed by atoms with van der Waals surface area (Å²) in [4.78, 5) is 9.23. The van der Waals surface area contributed by atoms with Gasteiger partial charge < -0.3 is 24.1 Å². The standard InChI is InChI=1S/C22H27FN4O3/c1-14(15(2)22-25-13-16(12-23)26-22)21(24)27-7-5-17(6-8-27)30-18-3-4-19-20(11-18)29-10-9-28-19/h3-4,11,13,17,24H,5-10,12H2,1-2H3,(H,25,26)/b15-14-,24-21?. The summed E-state index contributed by atoms with van der Waals surface area (Å²) in [5.74, 6) is 3.35. The third kappa shape index (κ3) is 4.27. The Morgan fingerprint density at radius 1 is 1.23 bits per heavy atom. The van der Waals surface area contributed by atoms with E-state index < -0.39 is 6.67 Å². The number of nitrogens with one attached hydrogen (secondary N) is 2. The summed E-state index contributed by atoms with van der Waals surface area (Å²) in [6.07, 6.45) is 3.25. The molecule has 0 aliphatic carbocycles. The summed E-state index contributed by atoms with van der Waals surface area (Å²) in [5.41, 5.74) is 2.14. The lowest BCUT2D eigenvalue weighted by atomic mass is 10.0. The molecule has 2 aromatic rings. The zero-order valence-corrected chi connectivity index (χ0v) is 17.3. The number of hydrogen-bond acceptors (Lipinski definition) is 5. The number of likely N-dealkylation sites (tertiary alicyclic amines) is 1. The van der Waals surface area contributed by atoms with Crippen LogP contribution >= 0.6 is 0 Å². The number of allylic oxidation sites excluding steroid dienone is 1. The van der Waals surface area contributed by atoms with Gasteiger partial charge in [-0.2, -0.15) is 0 Å². The Morgan fingerprint density at radius 3 is 2.67 bits per heavy atom. The maximum Gasteiger partial charge on any atom is 0.165 e. The number of benzene rings is 1. The van der Waals surface area contributed by atoms with E-state index in [1.165, 1.54) is 6.20 Å². The molecule has 0 spiro atoms. The van der Waals surface area contributed by atoms with Crippen LogP contribution in [-0.4, -0.2) is 53.1 Å². The molecule has 2 aliphatic rings. The van der Waals surface area contributed by atoms with Crippen molar-refractivity contribution in [2.24, 2.45) is 0 Å². The Bertz CT molecular complexity index is 948. The van der Waals surface area contributed by atoms with Crippen molar-refractivity contribution in [1.29, 1.82) is 5.41 Å². The van der Waals surface area contributed by atoms with Gasteiger partial charge in [-0.05, 0) is 37.1 Å². The van der Waals surface area contributed by atoms with E-state index in [0.717, 1.165) is 54.3 Å². The van der Waals surface area contributed by atoms with Crippen molar-refractivity contribution in [3.63, 3.8) is 0 Å². The third-order valence-electron chi connectivity index (χ3n) is 5.62. The normalized spacial score (nSPS) is 17.5. The van der Waals surface area contributed by atoms with Gasteiger partial charge in [-0.1, -0.05) is 0 Å². The molecule has 8 heteroatoms. The van der Waals surface area contributed by atoms with Crippen LogP contribution in [0.2, 0.25) is 0 Å². The molecule has 1 saturated heterocycles. The summed E-state index contributed by atoms with van der Waals surface area (Å²) in [6.45, 7) is 5.85. The Labute approximate surface area is 175 Å². The molecule has 1 aromatic heterocycles. The van der Waals surface area contributed by atoms with Gasteiger partial charge in [0.1, 0.15) is 43.4 Å². The number of H-pyrrole nitrogens is 1. The predicted octanol–water partition coefficient (Wildman–Crippen LogP) is 3.96. The lowest BCUT2D eigenvalue weighted by Gasteiger charge is -2.34. The first-order chi connectivity index (χ1) is 14.5. The average Bonchev–Trinajstić information content (AvgIpc) is 3.27. The number of fused-ring (bicyclic) bond motifs is 1. The predicted molar refractivity (Wildman–Crippen MR) is 112 cm³/mol. The number of hydrogen-bond donors (Lipinski definition) is 2. The van der Waals surface area contributed by atoms with Gasteiger partial charge >= 0.3 is 0 Å². The van der Waals surface area contributed by atoms with E-state index in [1.807, 2.05) is 32.0 Å². The average molecular weight is 414 g/mol. The van der Waals surface area contributed by atoms with Gasteiger partial charge in [-0.15, -0.1) is 0 Å². The van der Waals surface area contributed by atoms with Gasteiger partial charge in [0.2, 0.25) is 0 Å². The second-order valence-corrected chi connectivity index (χ2v) is 7.60. The summed E-state index contributed by atoms with van der Waals surface area (Å²) in [6, 6.07) is 5.68. The minimum Gasteiger partial charge on any atom is -0.490 e. The minimum absolute atomic E-state index is 0.0965. The number of ether oxygens (including phenoxy) is 3. The number of halogens is 1. The number of aromatic nitrogens is 2. The van der Waals surface area contributed by atoms with Crippen LogP contribution in [0.5, 0.6) is 17.2 Å². The number of piperidine rings is 1. The van der Waals surface area contributed by atoms with Crippen LogP contribution in [0, 0.1) is 5.41 Å². The molecule has 0 saturated carbocycles. The number of imidazole rings is 1. The van der Waals surface area contributed by atoms with Crippen LogP contribution in [0.4, 0.5) is 4.39 Å². The molecule has 3 heterocycles. The molecule has 1 fully saturated rings. The molecular weight excluding hydrogens is 387 g/mol. The van der Waals surface area contributed by atoms with E-state index in [9.17, 15) is 4.39 Å². The fraction of sp³-hybridized carbons (Fsp3) is 0.455. The molecule has 0 bridgehead atoms. The molecule has 0 radical (unpaired) electrons. The molecule has 2 N–H and O–H groups in total. The van der Waals surface area contributed by atoms with Gasteiger partial charge in [0.25, 0.3) is 0 Å². The number of amidine groups is 1. The van der Waals surface area contributed by atoms with Crippen LogP contribution in [0.3, 0.4) is 0 Å². The quantitative estimate of drug-likeness (QED) is 0.572. The highest BCUT2D eigenvalue weighted by Crippen LogP contribution is 2.34. The van der Waals surface area contributed by atoms with Crippen LogP contribution in [-0.2, 0) is 6.67 Å². The molecular formula is C22H27FN4O3. The van der Waals surface area contributed by atoms with Crippen LogP contribution in [0.1, 0.15) is 38.2 Å². The van der Waals surface area contributed by atoms with Crippen LogP contribution < -0.4 is 14.2 Å². The second kappa shape index (κ2) is 8.77.